The summed E-state index contributed by atoms with van der Waals surface area (Å²) in [5, 5.41) is 30.7. The number of rotatable bonds is 9. The van der Waals surface area contributed by atoms with Gasteiger partial charge in [-0.15, -0.1) is 0 Å². The second-order valence-electron chi connectivity index (χ2n) is 10.8. The molecule has 13 heteroatoms. The molecule has 39 heavy (non-hydrogen) atoms. The van der Waals surface area contributed by atoms with E-state index >= 15 is 0 Å². The SMILES string of the molecule is CC(C)(C=C(C#N)C(=O)N1CCC[C@](C)(OC(=O)N[C@@H](Cc2ccccc2)OB(O)O)C1)N1CCC(F)(F)C1. The number of hydrogen-bond donors (Lipinski definition) is 3. The molecular formula is C26H35BF2N4O6. The highest BCUT2D eigenvalue weighted by Crippen LogP contribution is 2.33. The number of amides is 2. The number of benzene rings is 1. The first kappa shape index (κ1) is 30.5. The van der Waals surface area contributed by atoms with Gasteiger partial charge in [-0.1, -0.05) is 30.3 Å². The fourth-order valence-electron chi connectivity index (χ4n) is 4.94. The molecule has 2 amide bonds. The van der Waals surface area contributed by atoms with Crippen LogP contribution >= 0.6 is 0 Å². The van der Waals surface area contributed by atoms with Crippen molar-refractivity contribution >= 4 is 19.3 Å². The molecule has 2 fully saturated rings. The zero-order valence-corrected chi connectivity index (χ0v) is 22.4. The molecule has 0 spiro atoms. The van der Waals surface area contributed by atoms with Gasteiger partial charge in [-0.05, 0) is 45.3 Å². The van der Waals surface area contributed by atoms with Gasteiger partial charge in [0, 0.05) is 31.5 Å². The largest absolute Gasteiger partial charge is 0.635 e. The summed E-state index contributed by atoms with van der Waals surface area (Å²) >= 11 is 0. The van der Waals surface area contributed by atoms with Crippen LogP contribution in [0, 0.1) is 11.3 Å². The van der Waals surface area contributed by atoms with E-state index in [1.165, 1.54) is 11.0 Å². The number of nitrogens with one attached hydrogen (secondary N) is 1. The molecule has 0 unspecified atom stereocenters. The van der Waals surface area contributed by atoms with Gasteiger partial charge >= 0.3 is 13.4 Å². The van der Waals surface area contributed by atoms with Gasteiger partial charge in [0.15, 0.2) is 0 Å². The maximum atomic E-state index is 13.8. The highest BCUT2D eigenvalue weighted by Gasteiger charge is 2.44. The Labute approximate surface area is 227 Å². The Kier molecular flexibility index (Phi) is 9.71. The van der Waals surface area contributed by atoms with Crippen molar-refractivity contribution in [2.24, 2.45) is 0 Å². The van der Waals surface area contributed by atoms with Gasteiger partial charge < -0.3 is 24.3 Å². The van der Waals surface area contributed by atoms with Crippen molar-refractivity contribution in [2.45, 2.75) is 69.7 Å². The van der Waals surface area contributed by atoms with Crippen LogP contribution in [0.2, 0.25) is 0 Å². The number of nitriles is 1. The highest BCUT2D eigenvalue weighted by molar-refractivity contribution is 6.32. The molecule has 0 saturated carbocycles. The Morgan fingerprint density at radius 3 is 2.51 bits per heavy atom. The Morgan fingerprint density at radius 2 is 1.92 bits per heavy atom. The predicted molar refractivity (Wildman–Crippen MR) is 138 cm³/mol. The Morgan fingerprint density at radius 1 is 1.23 bits per heavy atom. The van der Waals surface area contributed by atoms with Crippen molar-refractivity contribution in [3.63, 3.8) is 0 Å². The maximum absolute atomic E-state index is 13.8. The molecule has 0 bridgehead atoms. The lowest BCUT2D eigenvalue weighted by atomic mass is 9.93. The third-order valence-corrected chi connectivity index (χ3v) is 6.95. The van der Waals surface area contributed by atoms with Crippen LogP contribution in [0.4, 0.5) is 13.6 Å². The fourth-order valence-corrected chi connectivity index (χ4v) is 4.94. The zero-order valence-electron chi connectivity index (χ0n) is 22.4. The smallest absolute Gasteiger partial charge is 0.441 e. The molecule has 0 aliphatic carbocycles. The van der Waals surface area contributed by atoms with Gasteiger partial charge in [0.2, 0.25) is 0 Å². The van der Waals surface area contributed by atoms with E-state index in [1.807, 2.05) is 12.1 Å². The van der Waals surface area contributed by atoms with E-state index in [9.17, 15) is 33.7 Å². The normalized spacial score (nSPS) is 22.6. The van der Waals surface area contributed by atoms with Gasteiger partial charge in [-0.2, -0.15) is 5.26 Å². The number of alkyl carbamates (subject to hydrolysis) is 1. The standard InChI is InChI=1S/C26H35BF2N4O6/c1-24(2,33-13-11-26(28,29)18-33)15-20(16-30)22(34)32-12-7-10-25(3,17-32)38-23(35)31-21(39-27(36)37)14-19-8-5-4-6-9-19/h4-6,8-9,15,21,36-37H,7,10-14,17-18H2,1-3H3,(H,31,35)/t21-,25+/m1/s1. The number of piperidine rings is 1. The van der Waals surface area contributed by atoms with Gasteiger partial charge in [0.25, 0.3) is 11.8 Å². The van der Waals surface area contributed by atoms with Gasteiger partial charge in [-0.25, -0.2) is 13.6 Å². The van der Waals surface area contributed by atoms with Crippen LogP contribution in [-0.2, 0) is 20.6 Å². The Balaban J connectivity index is 1.65. The molecule has 2 aliphatic rings. The molecule has 0 radical (unpaired) electrons. The van der Waals surface area contributed by atoms with Crippen LogP contribution in [0.5, 0.6) is 0 Å². The van der Waals surface area contributed by atoms with Crippen LogP contribution in [0.3, 0.4) is 0 Å². The Hall–Kier alpha value is -3.05. The summed E-state index contributed by atoms with van der Waals surface area (Å²) in [6.07, 6.45) is 0.245. The second-order valence-corrected chi connectivity index (χ2v) is 10.8. The summed E-state index contributed by atoms with van der Waals surface area (Å²) in [6, 6.07) is 10.9. The van der Waals surface area contributed by atoms with E-state index < -0.39 is 49.2 Å². The first-order chi connectivity index (χ1) is 18.2. The van der Waals surface area contributed by atoms with Crippen molar-refractivity contribution < 1.29 is 37.8 Å². The number of likely N-dealkylation sites (tertiary alicyclic amines) is 2. The molecular weight excluding hydrogens is 513 g/mol. The van der Waals surface area contributed by atoms with Crippen LogP contribution in [0.15, 0.2) is 42.0 Å². The van der Waals surface area contributed by atoms with E-state index in [4.69, 9.17) is 9.39 Å². The summed E-state index contributed by atoms with van der Waals surface area (Å²) < 4.78 is 38.1. The van der Waals surface area contributed by atoms with Crippen molar-refractivity contribution in [1.29, 1.82) is 5.26 Å². The average Bonchev–Trinajstić information content (AvgIpc) is 3.22. The number of ether oxygens (including phenoxy) is 1. The molecule has 3 N–H and O–H groups in total. The minimum Gasteiger partial charge on any atom is -0.441 e. The summed E-state index contributed by atoms with van der Waals surface area (Å²) in [7, 11) is -2.12. The van der Waals surface area contributed by atoms with Crippen LogP contribution in [0.25, 0.3) is 0 Å². The molecule has 1 aromatic rings. The molecule has 2 saturated heterocycles. The monoisotopic (exact) mass is 548 g/mol. The fraction of sp³-hybridized carbons (Fsp3) is 0.577. The Bertz CT molecular complexity index is 1100. The van der Waals surface area contributed by atoms with Crippen molar-refractivity contribution in [1.82, 2.24) is 15.1 Å². The average molecular weight is 548 g/mol. The highest BCUT2D eigenvalue weighted by atomic mass is 19.3. The van der Waals surface area contributed by atoms with Crippen molar-refractivity contribution in [2.75, 3.05) is 26.2 Å². The second kappa shape index (κ2) is 12.4. The van der Waals surface area contributed by atoms with Crippen molar-refractivity contribution in [3.8, 4) is 6.07 Å². The third kappa shape index (κ3) is 8.73. The molecule has 2 aliphatic heterocycles. The lowest BCUT2D eigenvalue weighted by molar-refractivity contribution is -0.133. The van der Waals surface area contributed by atoms with Gasteiger partial charge in [0.1, 0.15) is 23.5 Å². The number of hydrogen-bond acceptors (Lipinski definition) is 8. The lowest BCUT2D eigenvalue weighted by Crippen LogP contribution is -2.53. The lowest BCUT2D eigenvalue weighted by Gasteiger charge is -2.40. The predicted octanol–water partition coefficient (Wildman–Crippen LogP) is 2.22. The van der Waals surface area contributed by atoms with Gasteiger partial charge in [-0.3, -0.25) is 15.0 Å². The van der Waals surface area contributed by atoms with E-state index in [0.29, 0.717) is 19.4 Å². The zero-order chi connectivity index (χ0) is 28.8. The van der Waals surface area contributed by atoms with Gasteiger partial charge in [0.05, 0.1) is 13.1 Å². The van der Waals surface area contributed by atoms with E-state index in [1.54, 1.807) is 49.9 Å². The van der Waals surface area contributed by atoms with Crippen molar-refractivity contribution in [3.05, 3.63) is 47.5 Å². The van der Waals surface area contributed by atoms with E-state index in [2.05, 4.69) is 5.32 Å². The molecule has 2 atom stereocenters. The third-order valence-electron chi connectivity index (χ3n) is 6.95. The molecule has 0 aromatic heterocycles. The number of halogens is 2. The number of nitrogens with zero attached hydrogens (tertiary/aromatic N) is 3. The maximum Gasteiger partial charge on any atom is 0.635 e. The topological polar surface area (TPSA) is 135 Å². The first-order valence-corrected chi connectivity index (χ1v) is 12.8. The van der Waals surface area contributed by atoms with E-state index in [-0.39, 0.29) is 31.5 Å². The molecule has 212 valence electrons. The molecule has 10 nitrogen and oxygen atoms in total. The molecule has 3 rings (SSSR count). The van der Waals surface area contributed by atoms with Crippen LogP contribution in [0.1, 0.15) is 45.6 Å². The van der Waals surface area contributed by atoms with E-state index in [0.717, 1.165) is 5.56 Å². The minimum absolute atomic E-state index is 0.00726. The molecule has 1 aromatic carbocycles. The van der Waals surface area contributed by atoms with Crippen LogP contribution in [-0.4, -0.2) is 88.6 Å². The van der Waals surface area contributed by atoms with Crippen LogP contribution < -0.4 is 5.32 Å². The summed E-state index contributed by atoms with van der Waals surface area (Å²) in [5.41, 5.74) is -1.43. The molecule has 2 heterocycles. The number of carbonyl (C=O) groups excluding carboxylic acids is 2. The summed E-state index contributed by atoms with van der Waals surface area (Å²) in [5.74, 6) is -3.38. The number of alkyl halides is 2. The summed E-state index contributed by atoms with van der Waals surface area (Å²) in [4.78, 5) is 29.0. The first-order valence-electron chi connectivity index (χ1n) is 12.8. The minimum atomic E-state index is -2.81. The number of carbonyl (C=O) groups is 2. The quantitative estimate of drug-likeness (QED) is 0.185. The summed E-state index contributed by atoms with van der Waals surface area (Å²) in [6.45, 7) is 5.07.